The molecule has 7 nitrogen and oxygen atoms in total. The van der Waals surface area contributed by atoms with E-state index < -0.39 is 28.5 Å². The summed E-state index contributed by atoms with van der Waals surface area (Å²) >= 11 is 0. The van der Waals surface area contributed by atoms with Gasteiger partial charge in [-0.2, -0.15) is 0 Å². The molecule has 0 spiro atoms. The Kier molecular flexibility index (Phi) is 10.2. The maximum absolute atomic E-state index is 14.3. The predicted molar refractivity (Wildman–Crippen MR) is 163 cm³/mol. The molecule has 3 aromatic rings. The molecule has 0 bridgehead atoms. The Hall–Kier alpha value is -3.65. The fourth-order valence-corrected chi connectivity index (χ4v) is 6.94. The zero-order valence-corrected chi connectivity index (χ0v) is 25.1. The molecule has 1 aliphatic carbocycles. The highest BCUT2D eigenvalue weighted by molar-refractivity contribution is 7.92. The van der Waals surface area contributed by atoms with E-state index >= 15 is 0 Å². The normalized spacial score (nSPS) is 14.4. The molecule has 4 rings (SSSR count). The van der Waals surface area contributed by atoms with Crippen molar-refractivity contribution < 1.29 is 18.0 Å². The molecule has 1 N–H and O–H groups in total. The molecular weight excluding hydrogens is 534 g/mol. The molecule has 1 aliphatic rings. The van der Waals surface area contributed by atoms with Crippen molar-refractivity contribution in [2.45, 2.75) is 82.8 Å². The monoisotopic (exact) mass is 575 g/mol. The summed E-state index contributed by atoms with van der Waals surface area (Å²) in [5.41, 5.74) is 3.25. The molecule has 218 valence electrons. The summed E-state index contributed by atoms with van der Waals surface area (Å²) in [6.07, 6.45) is 5.04. The van der Waals surface area contributed by atoms with Crippen LogP contribution in [0.2, 0.25) is 0 Å². The van der Waals surface area contributed by atoms with Crippen LogP contribution in [-0.2, 0) is 32.6 Å². The molecule has 0 unspecified atom stereocenters. The lowest BCUT2D eigenvalue weighted by Crippen LogP contribution is -2.53. The highest BCUT2D eigenvalue weighted by Crippen LogP contribution is 2.28. The minimum atomic E-state index is -4.08. The Morgan fingerprint density at radius 3 is 2.17 bits per heavy atom. The number of benzene rings is 3. The van der Waals surface area contributed by atoms with Crippen LogP contribution in [0.4, 0.5) is 5.69 Å². The summed E-state index contributed by atoms with van der Waals surface area (Å²) in [6.45, 7) is 5.61. The zero-order valence-electron chi connectivity index (χ0n) is 24.3. The fraction of sp³-hybridized carbons (Fsp3) is 0.394. The second-order valence-corrected chi connectivity index (χ2v) is 12.6. The number of rotatable bonds is 12. The van der Waals surface area contributed by atoms with Crippen molar-refractivity contribution in [3.63, 3.8) is 0 Å². The first-order chi connectivity index (χ1) is 19.7. The van der Waals surface area contributed by atoms with Crippen LogP contribution >= 0.6 is 0 Å². The van der Waals surface area contributed by atoms with Crippen molar-refractivity contribution in [1.29, 1.82) is 0 Å². The fourth-order valence-electron chi connectivity index (χ4n) is 5.46. The van der Waals surface area contributed by atoms with Crippen LogP contribution in [-0.4, -0.2) is 43.8 Å². The van der Waals surface area contributed by atoms with Crippen LogP contribution < -0.4 is 9.62 Å². The SMILES string of the molecule is CCc1ccccc1N(CC(=O)N(Cc1ccc(C)cc1)[C@@H](CC)C(=O)NC1CCCC1)S(=O)(=O)c1ccccc1. The van der Waals surface area contributed by atoms with Crippen molar-refractivity contribution in [1.82, 2.24) is 10.2 Å². The van der Waals surface area contributed by atoms with Gasteiger partial charge in [0, 0.05) is 12.6 Å². The van der Waals surface area contributed by atoms with Crippen LogP contribution in [0.15, 0.2) is 83.8 Å². The summed E-state index contributed by atoms with van der Waals surface area (Å²) in [5.74, 6) is -0.615. The Balaban J connectivity index is 1.73. The first kappa shape index (κ1) is 30.3. The number of carbonyl (C=O) groups excluding carboxylic acids is 2. The van der Waals surface area contributed by atoms with Gasteiger partial charge in [-0.1, -0.05) is 92.9 Å². The Labute approximate surface area is 244 Å². The molecule has 1 atom stereocenters. The number of amides is 2. The number of nitrogens with one attached hydrogen (secondary N) is 1. The Morgan fingerprint density at radius 1 is 0.902 bits per heavy atom. The van der Waals surface area contributed by atoms with Crippen molar-refractivity contribution in [2.75, 3.05) is 10.8 Å². The maximum Gasteiger partial charge on any atom is 0.264 e. The molecule has 0 aliphatic heterocycles. The lowest BCUT2D eigenvalue weighted by Gasteiger charge is -2.34. The summed E-state index contributed by atoms with van der Waals surface area (Å²) < 4.78 is 29.3. The third-order valence-corrected chi connectivity index (χ3v) is 9.59. The van der Waals surface area contributed by atoms with Crippen molar-refractivity contribution >= 4 is 27.5 Å². The number of nitrogens with zero attached hydrogens (tertiary/aromatic N) is 2. The molecule has 0 heterocycles. The number of hydrogen-bond donors (Lipinski definition) is 1. The van der Waals surface area contributed by atoms with Crippen LogP contribution in [0.3, 0.4) is 0 Å². The predicted octanol–water partition coefficient (Wildman–Crippen LogP) is 5.62. The first-order valence-corrected chi connectivity index (χ1v) is 16.0. The van der Waals surface area contributed by atoms with E-state index in [0.717, 1.165) is 42.4 Å². The average Bonchev–Trinajstić information content (AvgIpc) is 3.50. The van der Waals surface area contributed by atoms with E-state index in [4.69, 9.17) is 0 Å². The summed E-state index contributed by atoms with van der Waals surface area (Å²) in [5, 5.41) is 3.15. The highest BCUT2D eigenvalue weighted by Gasteiger charge is 2.35. The van der Waals surface area contributed by atoms with Crippen LogP contribution in [0, 0.1) is 6.92 Å². The minimum Gasteiger partial charge on any atom is -0.352 e. The van der Waals surface area contributed by atoms with Gasteiger partial charge in [-0.25, -0.2) is 8.42 Å². The third-order valence-electron chi connectivity index (χ3n) is 7.81. The Morgan fingerprint density at radius 2 is 1.54 bits per heavy atom. The number of carbonyl (C=O) groups is 2. The van der Waals surface area contributed by atoms with Gasteiger partial charge in [-0.15, -0.1) is 0 Å². The summed E-state index contributed by atoms with van der Waals surface area (Å²) in [4.78, 5) is 29.5. The molecule has 0 saturated heterocycles. The summed E-state index contributed by atoms with van der Waals surface area (Å²) in [7, 11) is -4.08. The molecule has 1 fully saturated rings. The van der Waals surface area contributed by atoms with Gasteiger partial charge in [-0.3, -0.25) is 13.9 Å². The third kappa shape index (κ3) is 7.36. The Bertz CT molecular complexity index is 1420. The van der Waals surface area contributed by atoms with Gasteiger partial charge in [0.1, 0.15) is 12.6 Å². The number of hydrogen-bond acceptors (Lipinski definition) is 4. The van der Waals surface area contributed by atoms with E-state index in [2.05, 4.69) is 5.32 Å². The second-order valence-electron chi connectivity index (χ2n) is 10.7. The van der Waals surface area contributed by atoms with E-state index in [1.54, 1.807) is 35.2 Å². The number of anilines is 1. The smallest absolute Gasteiger partial charge is 0.264 e. The van der Waals surface area contributed by atoms with Gasteiger partial charge in [0.2, 0.25) is 11.8 Å². The lowest BCUT2D eigenvalue weighted by atomic mass is 10.1. The van der Waals surface area contributed by atoms with Crippen molar-refractivity contribution in [3.8, 4) is 0 Å². The van der Waals surface area contributed by atoms with Gasteiger partial charge >= 0.3 is 0 Å². The van der Waals surface area contributed by atoms with Gasteiger partial charge in [0.05, 0.1) is 10.6 Å². The van der Waals surface area contributed by atoms with E-state index in [1.165, 1.54) is 16.4 Å². The van der Waals surface area contributed by atoms with E-state index in [9.17, 15) is 18.0 Å². The van der Waals surface area contributed by atoms with Crippen LogP contribution in [0.5, 0.6) is 0 Å². The molecule has 8 heteroatoms. The van der Waals surface area contributed by atoms with Gasteiger partial charge < -0.3 is 10.2 Å². The molecular formula is C33H41N3O4S. The van der Waals surface area contributed by atoms with Crippen molar-refractivity contribution in [3.05, 3.63) is 95.6 Å². The quantitative estimate of drug-likeness (QED) is 0.304. The first-order valence-electron chi connectivity index (χ1n) is 14.6. The van der Waals surface area contributed by atoms with Crippen LogP contribution in [0.25, 0.3) is 0 Å². The zero-order chi connectivity index (χ0) is 29.4. The molecule has 2 amide bonds. The number of para-hydroxylation sites is 1. The van der Waals surface area contributed by atoms with Crippen LogP contribution in [0.1, 0.15) is 62.6 Å². The molecule has 0 aromatic heterocycles. The van der Waals surface area contributed by atoms with E-state index in [0.29, 0.717) is 18.5 Å². The minimum absolute atomic E-state index is 0.106. The summed E-state index contributed by atoms with van der Waals surface area (Å²) in [6, 6.07) is 22.6. The van der Waals surface area contributed by atoms with E-state index in [1.807, 2.05) is 57.2 Å². The van der Waals surface area contributed by atoms with Crippen molar-refractivity contribution in [2.24, 2.45) is 0 Å². The van der Waals surface area contributed by atoms with Gasteiger partial charge in [0.25, 0.3) is 10.0 Å². The standard InChI is InChI=1S/C33H41N3O4S/c1-4-27-13-9-12-18-31(27)36(41(39,40)29-16-7-6-8-17-29)24-32(37)35(23-26-21-19-25(3)20-22-26)30(5-2)33(38)34-28-14-10-11-15-28/h6-9,12-13,16-22,28,30H,4-5,10-11,14-15,23-24H2,1-3H3,(H,34,38)/t30-/m0/s1. The molecule has 3 aromatic carbocycles. The van der Waals surface area contributed by atoms with E-state index in [-0.39, 0.29) is 23.4 Å². The number of aryl methyl sites for hydroxylation is 2. The average molecular weight is 576 g/mol. The highest BCUT2D eigenvalue weighted by atomic mass is 32.2. The topological polar surface area (TPSA) is 86.8 Å². The molecule has 1 saturated carbocycles. The lowest BCUT2D eigenvalue weighted by molar-refractivity contribution is -0.140. The maximum atomic E-state index is 14.3. The van der Waals surface area contributed by atoms with Gasteiger partial charge in [-0.05, 0) is 61.9 Å². The largest absolute Gasteiger partial charge is 0.352 e. The van der Waals surface area contributed by atoms with Gasteiger partial charge in [0.15, 0.2) is 0 Å². The number of sulfonamides is 1. The molecule has 0 radical (unpaired) electrons. The second kappa shape index (κ2) is 13.8. The molecule has 41 heavy (non-hydrogen) atoms.